The van der Waals surface area contributed by atoms with Gasteiger partial charge in [0.1, 0.15) is 5.82 Å². The maximum absolute atomic E-state index is 13.4. The van der Waals surface area contributed by atoms with Crippen LogP contribution in [0.15, 0.2) is 51.8 Å². The molecule has 0 saturated heterocycles. The number of hydrogen-bond acceptors (Lipinski definition) is 3. The highest BCUT2D eigenvalue weighted by molar-refractivity contribution is 9.10. The highest BCUT2D eigenvalue weighted by Gasteiger charge is 2.16. The molecule has 0 saturated carbocycles. The van der Waals surface area contributed by atoms with Crippen LogP contribution in [0.3, 0.4) is 0 Å². The van der Waals surface area contributed by atoms with Crippen molar-refractivity contribution in [3.8, 4) is 0 Å². The van der Waals surface area contributed by atoms with Crippen molar-refractivity contribution in [1.82, 2.24) is 0 Å². The van der Waals surface area contributed by atoms with Gasteiger partial charge in [-0.3, -0.25) is 4.72 Å². The zero-order chi connectivity index (χ0) is 14.8. The van der Waals surface area contributed by atoms with E-state index in [0.717, 1.165) is 6.07 Å². The molecular formula is C13H11BrFNO3S. The normalized spacial score (nSPS) is 11.3. The number of rotatable bonds is 4. The third-order valence-electron chi connectivity index (χ3n) is 2.59. The van der Waals surface area contributed by atoms with Crippen LogP contribution in [-0.2, 0) is 16.6 Å². The van der Waals surface area contributed by atoms with Gasteiger partial charge >= 0.3 is 0 Å². The third-order valence-corrected chi connectivity index (χ3v) is 4.61. The highest BCUT2D eigenvalue weighted by Crippen LogP contribution is 2.21. The monoisotopic (exact) mass is 359 g/mol. The van der Waals surface area contributed by atoms with E-state index >= 15 is 0 Å². The van der Waals surface area contributed by atoms with Crippen molar-refractivity contribution < 1.29 is 17.9 Å². The fourth-order valence-electron chi connectivity index (χ4n) is 1.54. The molecule has 0 aliphatic heterocycles. The minimum absolute atomic E-state index is 0.120. The standard InChI is InChI=1S/C13H11BrFNO3S/c14-12-6-5-11(7-13(12)15)20(18,19)16-10-3-1-9(8-17)2-4-10/h1-7,16-17H,8H2. The first kappa shape index (κ1) is 15.0. The molecule has 0 atom stereocenters. The maximum Gasteiger partial charge on any atom is 0.261 e. The number of hydrogen-bond donors (Lipinski definition) is 2. The molecule has 2 aromatic carbocycles. The molecular weight excluding hydrogens is 349 g/mol. The van der Waals surface area contributed by atoms with Crippen molar-refractivity contribution in [3.05, 3.63) is 58.3 Å². The van der Waals surface area contributed by atoms with Crippen molar-refractivity contribution in [2.45, 2.75) is 11.5 Å². The van der Waals surface area contributed by atoms with Gasteiger partial charge in [0.25, 0.3) is 10.0 Å². The highest BCUT2D eigenvalue weighted by atomic mass is 79.9. The molecule has 106 valence electrons. The number of sulfonamides is 1. The molecule has 0 aliphatic carbocycles. The summed E-state index contributed by atoms with van der Waals surface area (Å²) in [5.74, 6) is -0.650. The lowest BCUT2D eigenvalue weighted by molar-refractivity contribution is 0.282. The lowest BCUT2D eigenvalue weighted by Crippen LogP contribution is -2.13. The Morgan fingerprint density at radius 2 is 1.80 bits per heavy atom. The van der Waals surface area contributed by atoms with Gasteiger partial charge in [0.2, 0.25) is 0 Å². The van der Waals surface area contributed by atoms with Crippen LogP contribution in [0.4, 0.5) is 10.1 Å². The van der Waals surface area contributed by atoms with Crippen LogP contribution in [-0.4, -0.2) is 13.5 Å². The second-order valence-corrected chi connectivity index (χ2v) is 6.57. The van der Waals surface area contributed by atoms with Crippen LogP contribution in [0.5, 0.6) is 0 Å². The fourth-order valence-corrected chi connectivity index (χ4v) is 2.85. The molecule has 2 aromatic rings. The van der Waals surface area contributed by atoms with Gasteiger partial charge in [-0.2, -0.15) is 0 Å². The molecule has 0 aliphatic rings. The maximum atomic E-state index is 13.4. The van der Waals surface area contributed by atoms with Crippen LogP contribution in [0.25, 0.3) is 0 Å². The summed E-state index contributed by atoms with van der Waals surface area (Å²) in [5.41, 5.74) is 1.01. The molecule has 0 aromatic heterocycles. The van der Waals surface area contributed by atoms with Gasteiger partial charge in [0.05, 0.1) is 16.0 Å². The van der Waals surface area contributed by atoms with Gasteiger partial charge in [0.15, 0.2) is 0 Å². The molecule has 0 heterocycles. The number of aliphatic hydroxyl groups excluding tert-OH is 1. The summed E-state index contributed by atoms with van der Waals surface area (Å²) >= 11 is 2.96. The predicted molar refractivity (Wildman–Crippen MR) is 77.3 cm³/mol. The Balaban J connectivity index is 2.27. The van der Waals surface area contributed by atoms with E-state index in [0.29, 0.717) is 11.3 Å². The van der Waals surface area contributed by atoms with E-state index in [-0.39, 0.29) is 16.0 Å². The number of benzene rings is 2. The SMILES string of the molecule is O=S(=O)(Nc1ccc(CO)cc1)c1ccc(Br)c(F)c1. The summed E-state index contributed by atoms with van der Waals surface area (Å²) in [6.07, 6.45) is 0. The minimum atomic E-state index is -3.85. The van der Waals surface area contributed by atoms with Crippen LogP contribution >= 0.6 is 15.9 Å². The molecule has 0 bridgehead atoms. The molecule has 4 nitrogen and oxygen atoms in total. The van der Waals surface area contributed by atoms with Gasteiger partial charge in [-0.15, -0.1) is 0 Å². The Morgan fingerprint density at radius 1 is 1.15 bits per heavy atom. The molecule has 2 N–H and O–H groups in total. The first-order valence-electron chi connectivity index (χ1n) is 5.60. The average Bonchev–Trinajstić information content (AvgIpc) is 2.42. The molecule has 0 radical (unpaired) electrons. The third kappa shape index (κ3) is 3.36. The van der Waals surface area contributed by atoms with Gasteiger partial charge in [-0.1, -0.05) is 12.1 Å². The van der Waals surface area contributed by atoms with Gasteiger partial charge in [-0.05, 0) is 51.8 Å². The molecule has 0 spiro atoms. The Bertz CT molecular complexity index is 717. The Labute approximate surface area is 124 Å². The first-order chi connectivity index (χ1) is 9.42. The first-order valence-corrected chi connectivity index (χ1v) is 7.87. The number of aliphatic hydroxyl groups is 1. The summed E-state index contributed by atoms with van der Waals surface area (Å²) < 4.78 is 40.1. The Morgan fingerprint density at radius 3 is 2.35 bits per heavy atom. The lowest BCUT2D eigenvalue weighted by atomic mass is 10.2. The van der Waals surface area contributed by atoms with Gasteiger partial charge in [-0.25, -0.2) is 12.8 Å². The van der Waals surface area contributed by atoms with Crippen molar-refractivity contribution >= 4 is 31.6 Å². The van der Waals surface area contributed by atoms with Crippen LogP contribution in [0, 0.1) is 5.82 Å². The van der Waals surface area contributed by atoms with Crippen molar-refractivity contribution in [1.29, 1.82) is 0 Å². The smallest absolute Gasteiger partial charge is 0.261 e. The number of anilines is 1. The van der Waals surface area contributed by atoms with Crippen LogP contribution < -0.4 is 4.72 Å². The summed E-state index contributed by atoms with van der Waals surface area (Å²) in [5, 5.41) is 8.91. The van der Waals surface area contributed by atoms with E-state index in [9.17, 15) is 12.8 Å². The van der Waals surface area contributed by atoms with Crippen LogP contribution in [0.2, 0.25) is 0 Å². The van der Waals surface area contributed by atoms with Crippen molar-refractivity contribution in [2.24, 2.45) is 0 Å². The Kier molecular flexibility index (Phi) is 4.42. The van der Waals surface area contributed by atoms with E-state index in [1.807, 2.05) is 0 Å². The summed E-state index contributed by atoms with van der Waals surface area (Å²) in [6, 6.07) is 9.82. The largest absolute Gasteiger partial charge is 0.392 e. The lowest BCUT2D eigenvalue weighted by Gasteiger charge is -2.09. The average molecular weight is 360 g/mol. The van der Waals surface area contributed by atoms with E-state index in [4.69, 9.17) is 5.11 Å². The summed E-state index contributed by atoms with van der Waals surface area (Å²) in [7, 11) is -3.85. The van der Waals surface area contributed by atoms with Crippen molar-refractivity contribution in [2.75, 3.05) is 4.72 Å². The zero-order valence-electron chi connectivity index (χ0n) is 10.2. The molecule has 2 rings (SSSR count). The predicted octanol–water partition coefficient (Wildman–Crippen LogP) is 2.88. The summed E-state index contributed by atoms with van der Waals surface area (Å²) in [4.78, 5) is -0.163. The van der Waals surface area contributed by atoms with Crippen molar-refractivity contribution in [3.63, 3.8) is 0 Å². The second-order valence-electron chi connectivity index (χ2n) is 4.04. The molecule has 0 amide bonds. The number of halogens is 2. The van der Waals surface area contributed by atoms with Crippen LogP contribution in [0.1, 0.15) is 5.56 Å². The quantitative estimate of drug-likeness (QED) is 0.881. The molecule has 0 unspecified atom stereocenters. The molecule has 20 heavy (non-hydrogen) atoms. The topological polar surface area (TPSA) is 66.4 Å². The minimum Gasteiger partial charge on any atom is -0.392 e. The summed E-state index contributed by atoms with van der Waals surface area (Å²) in [6.45, 7) is -0.120. The Hall–Kier alpha value is -1.44. The van der Waals surface area contributed by atoms with E-state index in [1.54, 1.807) is 12.1 Å². The van der Waals surface area contributed by atoms with E-state index < -0.39 is 15.8 Å². The van der Waals surface area contributed by atoms with E-state index in [1.165, 1.54) is 24.3 Å². The molecule has 7 heteroatoms. The van der Waals surface area contributed by atoms with Gasteiger partial charge < -0.3 is 5.11 Å². The fraction of sp³-hybridized carbons (Fsp3) is 0.0769. The number of nitrogens with one attached hydrogen (secondary N) is 1. The molecule has 0 fully saturated rings. The van der Waals surface area contributed by atoms with Gasteiger partial charge in [0, 0.05) is 5.69 Å². The zero-order valence-corrected chi connectivity index (χ0v) is 12.6. The second kappa shape index (κ2) is 5.90. The van der Waals surface area contributed by atoms with E-state index in [2.05, 4.69) is 20.7 Å².